The molecule has 3 nitrogen and oxygen atoms in total. The molecule has 0 atom stereocenters. The number of anilines is 1. The number of aromatic nitrogens is 1. The first-order chi connectivity index (χ1) is 7.94. The topological polar surface area (TPSA) is 33.2 Å². The molecule has 0 aromatic carbocycles. The number of hydrogen-bond donors (Lipinski definition) is 0. The predicted molar refractivity (Wildman–Crippen MR) is 67.7 cm³/mol. The van der Waals surface area contributed by atoms with Gasteiger partial charge in [0, 0.05) is 30.3 Å². The van der Waals surface area contributed by atoms with Gasteiger partial charge in [0.05, 0.1) is 0 Å². The number of hydrogen-bond acceptors (Lipinski definition) is 2. The number of nitrogens with zero attached hydrogens (tertiary/aromatic N) is 2. The van der Waals surface area contributed by atoms with Crippen LogP contribution < -0.4 is 4.90 Å². The second kappa shape index (κ2) is 3.89. The summed E-state index contributed by atoms with van der Waals surface area (Å²) in [5.41, 5.74) is 1.71. The van der Waals surface area contributed by atoms with Crippen molar-refractivity contribution in [2.75, 3.05) is 11.4 Å². The standard InChI is InChI=1S/C14H16N2O/c1-5-11-6-7-15-13(10(11)2)16-9-14(3,4)8-12(16)17/h1,6-7H,8-9H2,2-4H3. The van der Waals surface area contributed by atoms with Gasteiger partial charge in [-0.3, -0.25) is 9.69 Å². The van der Waals surface area contributed by atoms with Crippen LogP contribution in [-0.2, 0) is 4.79 Å². The maximum atomic E-state index is 12.0. The molecular formula is C14H16N2O. The summed E-state index contributed by atoms with van der Waals surface area (Å²) in [6, 6.07) is 1.80. The molecule has 2 rings (SSSR count). The molecule has 1 saturated heterocycles. The van der Waals surface area contributed by atoms with Crippen molar-refractivity contribution in [2.24, 2.45) is 5.41 Å². The lowest BCUT2D eigenvalue weighted by atomic mass is 9.93. The van der Waals surface area contributed by atoms with E-state index in [-0.39, 0.29) is 11.3 Å². The van der Waals surface area contributed by atoms with Gasteiger partial charge in [-0.1, -0.05) is 19.8 Å². The first kappa shape index (κ1) is 11.7. The molecule has 0 radical (unpaired) electrons. The van der Waals surface area contributed by atoms with Crippen molar-refractivity contribution in [1.29, 1.82) is 0 Å². The van der Waals surface area contributed by atoms with Gasteiger partial charge in [0.25, 0.3) is 0 Å². The van der Waals surface area contributed by atoms with Crippen LogP contribution in [0.25, 0.3) is 0 Å². The highest BCUT2D eigenvalue weighted by molar-refractivity contribution is 5.96. The lowest BCUT2D eigenvalue weighted by Crippen LogP contribution is -2.27. The summed E-state index contributed by atoms with van der Waals surface area (Å²) in [6.45, 7) is 6.79. The Bertz CT molecular complexity index is 511. The van der Waals surface area contributed by atoms with Crippen molar-refractivity contribution in [1.82, 2.24) is 4.98 Å². The molecule has 1 aromatic heterocycles. The van der Waals surface area contributed by atoms with Crippen LogP contribution in [0.1, 0.15) is 31.4 Å². The Morgan fingerprint density at radius 2 is 2.24 bits per heavy atom. The number of pyridine rings is 1. The maximum absolute atomic E-state index is 12.0. The molecule has 1 aliphatic rings. The average molecular weight is 228 g/mol. The molecule has 0 bridgehead atoms. The number of carbonyl (C=O) groups excluding carboxylic acids is 1. The summed E-state index contributed by atoms with van der Waals surface area (Å²) in [5.74, 6) is 3.45. The number of rotatable bonds is 1. The summed E-state index contributed by atoms with van der Waals surface area (Å²) >= 11 is 0. The molecule has 1 amide bonds. The molecule has 1 aromatic rings. The molecule has 1 fully saturated rings. The highest BCUT2D eigenvalue weighted by Crippen LogP contribution is 2.34. The van der Waals surface area contributed by atoms with Crippen LogP contribution in [0.15, 0.2) is 12.3 Å². The van der Waals surface area contributed by atoms with Crippen molar-refractivity contribution in [2.45, 2.75) is 27.2 Å². The molecular weight excluding hydrogens is 212 g/mol. The fourth-order valence-electron chi connectivity index (χ4n) is 2.22. The van der Waals surface area contributed by atoms with Crippen molar-refractivity contribution in [3.63, 3.8) is 0 Å². The van der Waals surface area contributed by atoms with E-state index in [0.29, 0.717) is 18.8 Å². The summed E-state index contributed by atoms with van der Waals surface area (Å²) in [4.78, 5) is 18.0. The van der Waals surface area contributed by atoms with Gasteiger partial charge >= 0.3 is 0 Å². The van der Waals surface area contributed by atoms with Crippen molar-refractivity contribution in [3.8, 4) is 12.3 Å². The van der Waals surface area contributed by atoms with Crippen LogP contribution in [0.2, 0.25) is 0 Å². The van der Waals surface area contributed by atoms with E-state index in [1.807, 2.05) is 6.92 Å². The predicted octanol–water partition coefficient (Wildman–Crippen LogP) is 2.13. The highest BCUT2D eigenvalue weighted by Gasteiger charge is 2.37. The van der Waals surface area contributed by atoms with Gasteiger partial charge in [0.2, 0.25) is 5.91 Å². The maximum Gasteiger partial charge on any atom is 0.228 e. The van der Waals surface area contributed by atoms with E-state index in [0.717, 1.165) is 11.1 Å². The lowest BCUT2D eigenvalue weighted by Gasteiger charge is -2.20. The minimum Gasteiger partial charge on any atom is -0.296 e. The molecule has 3 heteroatoms. The Morgan fingerprint density at radius 1 is 1.53 bits per heavy atom. The zero-order chi connectivity index (χ0) is 12.6. The third-order valence-corrected chi connectivity index (χ3v) is 3.11. The van der Waals surface area contributed by atoms with Crippen LogP contribution in [0.4, 0.5) is 5.82 Å². The van der Waals surface area contributed by atoms with Crippen molar-refractivity contribution < 1.29 is 4.79 Å². The first-order valence-electron chi connectivity index (χ1n) is 5.67. The van der Waals surface area contributed by atoms with E-state index >= 15 is 0 Å². The normalized spacial score (nSPS) is 18.2. The minimum atomic E-state index is 0.0113. The Morgan fingerprint density at radius 3 is 2.76 bits per heavy atom. The van der Waals surface area contributed by atoms with E-state index in [9.17, 15) is 4.79 Å². The molecule has 2 heterocycles. The molecule has 0 saturated carbocycles. The average Bonchev–Trinajstić information content (AvgIpc) is 2.52. The smallest absolute Gasteiger partial charge is 0.228 e. The second-order valence-electron chi connectivity index (χ2n) is 5.27. The summed E-state index contributed by atoms with van der Waals surface area (Å²) in [6.07, 6.45) is 7.65. The summed E-state index contributed by atoms with van der Waals surface area (Å²) in [5, 5.41) is 0. The molecule has 17 heavy (non-hydrogen) atoms. The van der Waals surface area contributed by atoms with Crippen LogP contribution in [0, 0.1) is 24.7 Å². The van der Waals surface area contributed by atoms with Gasteiger partial charge in [-0.05, 0) is 18.4 Å². The van der Waals surface area contributed by atoms with Gasteiger partial charge in [-0.15, -0.1) is 6.42 Å². The Balaban J connectivity index is 2.43. The van der Waals surface area contributed by atoms with Crippen molar-refractivity contribution in [3.05, 3.63) is 23.4 Å². The van der Waals surface area contributed by atoms with Crippen LogP contribution in [0.3, 0.4) is 0 Å². The van der Waals surface area contributed by atoms with Gasteiger partial charge in [0.15, 0.2) is 0 Å². The Hall–Kier alpha value is -1.82. The van der Waals surface area contributed by atoms with E-state index < -0.39 is 0 Å². The lowest BCUT2D eigenvalue weighted by molar-refractivity contribution is -0.117. The van der Waals surface area contributed by atoms with E-state index in [1.54, 1.807) is 17.2 Å². The van der Waals surface area contributed by atoms with Gasteiger partial charge in [-0.2, -0.15) is 0 Å². The number of carbonyl (C=O) groups is 1. The zero-order valence-electron chi connectivity index (χ0n) is 10.4. The van der Waals surface area contributed by atoms with E-state index in [1.165, 1.54) is 0 Å². The van der Waals surface area contributed by atoms with E-state index in [2.05, 4.69) is 24.8 Å². The monoisotopic (exact) mass is 228 g/mol. The Kier molecular flexibility index (Phi) is 2.66. The fraction of sp³-hybridized carbons (Fsp3) is 0.429. The third-order valence-electron chi connectivity index (χ3n) is 3.11. The minimum absolute atomic E-state index is 0.0113. The van der Waals surface area contributed by atoms with Gasteiger partial charge in [0.1, 0.15) is 5.82 Å². The molecule has 1 aliphatic heterocycles. The second-order valence-corrected chi connectivity index (χ2v) is 5.27. The largest absolute Gasteiger partial charge is 0.296 e. The summed E-state index contributed by atoms with van der Waals surface area (Å²) in [7, 11) is 0. The Labute approximate surface area is 102 Å². The molecule has 0 N–H and O–H groups in total. The van der Waals surface area contributed by atoms with Crippen molar-refractivity contribution >= 4 is 11.7 Å². The third kappa shape index (κ3) is 2.03. The van der Waals surface area contributed by atoms with Crippen LogP contribution in [-0.4, -0.2) is 17.4 Å². The van der Waals surface area contributed by atoms with E-state index in [4.69, 9.17) is 6.42 Å². The fourth-order valence-corrected chi connectivity index (χ4v) is 2.22. The highest BCUT2D eigenvalue weighted by atomic mass is 16.2. The SMILES string of the molecule is C#Cc1ccnc(N2CC(C)(C)CC2=O)c1C. The van der Waals surface area contributed by atoms with Gasteiger partial charge < -0.3 is 0 Å². The van der Waals surface area contributed by atoms with Crippen LogP contribution >= 0.6 is 0 Å². The van der Waals surface area contributed by atoms with Gasteiger partial charge in [-0.25, -0.2) is 4.98 Å². The number of terminal acetylenes is 1. The zero-order valence-corrected chi connectivity index (χ0v) is 10.4. The number of amides is 1. The molecule has 0 aliphatic carbocycles. The first-order valence-corrected chi connectivity index (χ1v) is 5.67. The summed E-state index contributed by atoms with van der Waals surface area (Å²) < 4.78 is 0. The molecule has 88 valence electrons. The van der Waals surface area contributed by atoms with Crippen LogP contribution in [0.5, 0.6) is 0 Å². The quantitative estimate of drug-likeness (QED) is 0.690. The molecule has 0 unspecified atom stereocenters. The molecule has 0 spiro atoms.